The zero-order valence-electron chi connectivity index (χ0n) is 9.03. The van der Waals surface area contributed by atoms with Crippen LogP contribution in [-0.4, -0.2) is 25.1 Å². The van der Waals surface area contributed by atoms with Crippen molar-refractivity contribution in [1.29, 1.82) is 0 Å². The van der Waals surface area contributed by atoms with Crippen molar-refractivity contribution >= 4 is 17.4 Å². The normalized spacial score (nSPS) is 19.8. The van der Waals surface area contributed by atoms with Gasteiger partial charge in [-0.15, -0.1) is 0 Å². The Hall–Kier alpha value is -1.06. The molecule has 0 aliphatic carbocycles. The number of carbonyl (C=O) groups excluding carboxylic acids is 1. The van der Waals surface area contributed by atoms with Gasteiger partial charge in [-0.05, 0) is 25.1 Å². The molecule has 1 unspecified atom stereocenters. The monoisotopic (exact) mass is 240 g/mol. The quantitative estimate of drug-likeness (QED) is 0.762. The smallest absolute Gasteiger partial charge is 0.163 e. The average molecular weight is 241 g/mol. The molecule has 1 aromatic rings. The molecule has 2 rings (SSSR count). The maximum atomic E-state index is 11.4. The van der Waals surface area contributed by atoms with Gasteiger partial charge in [-0.3, -0.25) is 4.79 Å². The lowest BCUT2D eigenvalue weighted by Crippen LogP contribution is -2.17. The fraction of sp³-hybridized carbons (Fsp3) is 0.417. The largest absolute Gasteiger partial charge is 0.487 e. The van der Waals surface area contributed by atoms with Crippen LogP contribution in [0.1, 0.15) is 23.7 Å². The molecule has 16 heavy (non-hydrogen) atoms. The predicted molar refractivity (Wildman–Crippen MR) is 61.3 cm³/mol. The van der Waals surface area contributed by atoms with E-state index in [2.05, 4.69) is 0 Å². The Kier molecular flexibility index (Phi) is 3.46. The molecule has 3 nitrogen and oxygen atoms in total. The maximum absolute atomic E-state index is 11.4. The molecular weight excluding hydrogens is 228 g/mol. The van der Waals surface area contributed by atoms with Gasteiger partial charge < -0.3 is 9.47 Å². The van der Waals surface area contributed by atoms with Crippen molar-refractivity contribution in [3.63, 3.8) is 0 Å². The molecule has 0 saturated carbocycles. The molecule has 1 aromatic carbocycles. The molecule has 1 aliphatic heterocycles. The Balaban J connectivity index is 2.21. The first-order valence-corrected chi connectivity index (χ1v) is 5.59. The Morgan fingerprint density at radius 3 is 3.00 bits per heavy atom. The lowest BCUT2D eigenvalue weighted by molar-refractivity contribution is 0.100. The molecule has 0 radical (unpaired) electrons. The summed E-state index contributed by atoms with van der Waals surface area (Å²) in [4.78, 5) is 11.4. The summed E-state index contributed by atoms with van der Waals surface area (Å²) in [7, 11) is 0. The molecule has 0 N–H and O–H groups in total. The first-order valence-electron chi connectivity index (χ1n) is 5.21. The van der Waals surface area contributed by atoms with E-state index in [1.807, 2.05) is 0 Å². The third kappa shape index (κ3) is 2.54. The minimum absolute atomic E-state index is 0.0410. The molecule has 1 heterocycles. The van der Waals surface area contributed by atoms with E-state index in [1.165, 1.54) is 6.92 Å². The molecular formula is C12H13ClO3. The molecule has 0 bridgehead atoms. The third-order valence-corrected chi connectivity index (χ3v) is 2.74. The zero-order valence-corrected chi connectivity index (χ0v) is 9.79. The van der Waals surface area contributed by atoms with Crippen molar-refractivity contribution in [1.82, 2.24) is 0 Å². The topological polar surface area (TPSA) is 35.5 Å². The van der Waals surface area contributed by atoms with Gasteiger partial charge in [0.2, 0.25) is 0 Å². The first-order chi connectivity index (χ1) is 7.66. The van der Waals surface area contributed by atoms with Crippen molar-refractivity contribution in [3.05, 3.63) is 28.8 Å². The van der Waals surface area contributed by atoms with Crippen molar-refractivity contribution in [2.24, 2.45) is 0 Å². The van der Waals surface area contributed by atoms with Crippen LogP contribution in [0, 0.1) is 0 Å². The van der Waals surface area contributed by atoms with E-state index in [-0.39, 0.29) is 11.9 Å². The van der Waals surface area contributed by atoms with E-state index >= 15 is 0 Å². The molecule has 1 atom stereocenters. The van der Waals surface area contributed by atoms with Gasteiger partial charge in [0.15, 0.2) is 5.78 Å². The highest BCUT2D eigenvalue weighted by atomic mass is 35.5. The van der Waals surface area contributed by atoms with Gasteiger partial charge >= 0.3 is 0 Å². The van der Waals surface area contributed by atoms with Crippen molar-refractivity contribution in [3.8, 4) is 5.75 Å². The van der Waals surface area contributed by atoms with Crippen LogP contribution in [0.25, 0.3) is 0 Å². The average Bonchev–Trinajstić information content (AvgIpc) is 2.73. The maximum Gasteiger partial charge on any atom is 0.163 e. The Morgan fingerprint density at radius 2 is 2.38 bits per heavy atom. The molecule has 4 heteroatoms. The van der Waals surface area contributed by atoms with Crippen LogP contribution in [0.5, 0.6) is 5.75 Å². The number of ether oxygens (including phenoxy) is 2. The van der Waals surface area contributed by atoms with E-state index in [9.17, 15) is 4.79 Å². The van der Waals surface area contributed by atoms with E-state index in [0.29, 0.717) is 29.5 Å². The number of carbonyl (C=O) groups is 1. The highest BCUT2D eigenvalue weighted by Crippen LogP contribution is 2.25. The number of benzene rings is 1. The summed E-state index contributed by atoms with van der Waals surface area (Å²) in [6, 6.07) is 5.09. The van der Waals surface area contributed by atoms with Crippen LogP contribution < -0.4 is 4.74 Å². The lowest BCUT2D eigenvalue weighted by Gasteiger charge is -2.14. The van der Waals surface area contributed by atoms with Gasteiger partial charge in [-0.25, -0.2) is 0 Å². The fourth-order valence-corrected chi connectivity index (χ4v) is 1.84. The fourth-order valence-electron chi connectivity index (χ4n) is 1.67. The Bertz CT molecular complexity index is 397. The number of ketones is 1. The summed E-state index contributed by atoms with van der Waals surface area (Å²) in [6.45, 7) is 2.80. The number of halogens is 1. The van der Waals surface area contributed by atoms with Crippen LogP contribution in [0.3, 0.4) is 0 Å². The molecule has 0 spiro atoms. The van der Waals surface area contributed by atoms with Crippen LogP contribution >= 0.6 is 11.6 Å². The molecule has 0 aromatic heterocycles. The minimum Gasteiger partial charge on any atom is -0.487 e. The second-order valence-electron chi connectivity index (χ2n) is 3.80. The molecule has 1 fully saturated rings. The molecule has 1 aliphatic rings. The zero-order chi connectivity index (χ0) is 11.5. The first kappa shape index (κ1) is 11.4. The second kappa shape index (κ2) is 4.85. The summed E-state index contributed by atoms with van der Waals surface area (Å²) in [5.74, 6) is 0.545. The molecule has 1 saturated heterocycles. The number of Topliss-reactive ketones (excluding diaryl/α,β-unsaturated/α-hetero) is 1. The Morgan fingerprint density at radius 1 is 1.56 bits per heavy atom. The summed E-state index contributed by atoms with van der Waals surface area (Å²) in [6.07, 6.45) is 0.902. The summed E-state index contributed by atoms with van der Waals surface area (Å²) in [5.41, 5.74) is 0.527. The molecule has 86 valence electrons. The standard InChI is InChI=1S/C12H13ClO3/c1-8(14)11-6-9(13)2-3-12(11)16-10-4-5-15-7-10/h2-3,6,10H,4-5,7H2,1H3. The number of rotatable bonds is 3. The van der Waals surface area contributed by atoms with Crippen LogP contribution in [-0.2, 0) is 4.74 Å². The van der Waals surface area contributed by atoms with E-state index < -0.39 is 0 Å². The van der Waals surface area contributed by atoms with Gasteiger partial charge in [-0.1, -0.05) is 11.6 Å². The Labute approximate surface area is 99.3 Å². The summed E-state index contributed by atoms with van der Waals surface area (Å²) >= 11 is 5.85. The highest BCUT2D eigenvalue weighted by molar-refractivity contribution is 6.31. The van der Waals surface area contributed by atoms with E-state index in [1.54, 1.807) is 18.2 Å². The van der Waals surface area contributed by atoms with Gasteiger partial charge in [0.25, 0.3) is 0 Å². The lowest BCUT2D eigenvalue weighted by atomic mass is 10.1. The van der Waals surface area contributed by atoms with E-state index in [4.69, 9.17) is 21.1 Å². The van der Waals surface area contributed by atoms with Crippen molar-refractivity contribution < 1.29 is 14.3 Å². The van der Waals surface area contributed by atoms with Gasteiger partial charge in [0.05, 0.1) is 18.8 Å². The SMILES string of the molecule is CC(=O)c1cc(Cl)ccc1OC1CCOC1. The predicted octanol–water partition coefficient (Wildman–Crippen LogP) is 2.71. The van der Waals surface area contributed by atoms with Crippen molar-refractivity contribution in [2.45, 2.75) is 19.4 Å². The third-order valence-electron chi connectivity index (χ3n) is 2.50. The van der Waals surface area contributed by atoms with Crippen molar-refractivity contribution in [2.75, 3.05) is 13.2 Å². The van der Waals surface area contributed by atoms with Gasteiger partial charge in [0.1, 0.15) is 11.9 Å². The summed E-state index contributed by atoms with van der Waals surface area (Å²) in [5, 5.41) is 0.542. The van der Waals surface area contributed by atoms with Crippen LogP contribution in [0.15, 0.2) is 18.2 Å². The summed E-state index contributed by atoms with van der Waals surface area (Å²) < 4.78 is 10.9. The van der Waals surface area contributed by atoms with Gasteiger partial charge in [0, 0.05) is 11.4 Å². The van der Waals surface area contributed by atoms with Crippen LogP contribution in [0.2, 0.25) is 5.02 Å². The molecule has 0 amide bonds. The number of hydrogen-bond donors (Lipinski definition) is 0. The minimum atomic E-state index is -0.0450. The number of hydrogen-bond acceptors (Lipinski definition) is 3. The second-order valence-corrected chi connectivity index (χ2v) is 4.24. The van der Waals surface area contributed by atoms with Gasteiger partial charge in [-0.2, -0.15) is 0 Å². The van der Waals surface area contributed by atoms with E-state index in [0.717, 1.165) is 6.42 Å². The van der Waals surface area contributed by atoms with Crippen LogP contribution in [0.4, 0.5) is 0 Å². The highest BCUT2D eigenvalue weighted by Gasteiger charge is 2.19.